The Morgan fingerprint density at radius 3 is 2.37 bits per heavy atom. The topological polar surface area (TPSA) is 77.5 Å². The van der Waals surface area contributed by atoms with Gasteiger partial charge in [0.25, 0.3) is 5.91 Å². The Labute approximate surface area is 172 Å². The van der Waals surface area contributed by atoms with Crippen molar-refractivity contribution in [2.24, 2.45) is 10.9 Å². The summed E-state index contributed by atoms with van der Waals surface area (Å²) in [6.07, 6.45) is 0.108. The van der Waals surface area contributed by atoms with Gasteiger partial charge in [0, 0.05) is 30.6 Å². The highest BCUT2D eigenvalue weighted by molar-refractivity contribution is 6.02. The molecule has 160 valence electrons. The molecule has 2 unspecified atom stereocenters. The number of hydrogen-bond donors (Lipinski definition) is 4. The lowest BCUT2D eigenvalue weighted by atomic mass is 10.0. The smallest absolute Gasteiger partial charge is 0.280 e. The summed E-state index contributed by atoms with van der Waals surface area (Å²) in [7, 11) is 0. The fourth-order valence-electron chi connectivity index (χ4n) is 2.99. The zero-order valence-electron chi connectivity index (χ0n) is 16.7. The van der Waals surface area contributed by atoms with Gasteiger partial charge in [-0.2, -0.15) is 4.99 Å². The van der Waals surface area contributed by atoms with Gasteiger partial charge in [0.05, 0.1) is 6.17 Å². The average Bonchev–Trinajstić information content (AvgIpc) is 3.14. The van der Waals surface area contributed by atoms with E-state index in [1.165, 1.54) is 36.4 Å². The third-order valence-electron chi connectivity index (χ3n) is 4.48. The maximum absolute atomic E-state index is 13.5. The van der Waals surface area contributed by atoms with Crippen molar-refractivity contribution in [2.45, 2.75) is 32.5 Å². The number of halogens is 3. The molecular weight excluding hydrogens is 395 g/mol. The molecule has 0 radical (unpaired) electrons. The Kier molecular flexibility index (Phi) is 7.07. The second kappa shape index (κ2) is 9.73. The summed E-state index contributed by atoms with van der Waals surface area (Å²) in [6.45, 7) is 4.59. The first kappa shape index (κ1) is 21.8. The third kappa shape index (κ3) is 6.04. The van der Waals surface area contributed by atoms with Crippen molar-refractivity contribution >= 4 is 11.9 Å². The minimum atomic E-state index is -0.644. The van der Waals surface area contributed by atoms with Crippen LogP contribution < -0.4 is 21.5 Å². The number of guanidine groups is 1. The first-order valence-electron chi connectivity index (χ1n) is 9.66. The van der Waals surface area contributed by atoms with Gasteiger partial charge in [0.15, 0.2) is 0 Å². The number of benzene rings is 2. The molecule has 1 fully saturated rings. The molecule has 1 amide bonds. The molecule has 4 N–H and O–H groups in total. The largest absolute Gasteiger partial charge is 0.356 e. The van der Waals surface area contributed by atoms with E-state index in [2.05, 4.69) is 26.5 Å². The van der Waals surface area contributed by atoms with Crippen LogP contribution in [0.2, 0.25) is 0 Å². The monoisotopic (exact) mass is 419 g/mol. The summed E-state index contributed by atoms with van der Waals surface area (Å²) >= 11 is 0. The summed E-state index contributed by atoms with van der Waals surface area (Å²) in [4.78, 5) is 16.5. The Morgan fingerprint density at radius 1 is 1.07 bits per heavy atom. The molecule has 0 spiro atoms. The van der Waals surface area contributed by atoms with Gasteiger partial charge in [-0.3, -0.25) is 4.79 Å². The predicted octanol–water partition coefficient (Wildman–Crippen LogP) is 3.00. The summed E-state index contributed by atoms with van der Waals surface area (Å²) in [5.74, 6) is -1.70. The van der Waals surface area contributed by atoms with Crippen LogP contribution in [0, 0.1) is 23.4 Å². The number of carbonyl (C=O) groups excluding carboxylic acids is 1. The minimum Gasteiger partial charge on any atom is -0.356 e. The SMILES string of the molecule is CC(C)CN/C(=N/C(=O)c1ccc(F)cc1)NC1CC(c2cc(F)cc(F)c2)NN1. The zero-order chi connectivity index (χ0) is 21.7. The van der Waals surface area contributed by atoms with E-state index in [4.69, 9.17) is 0 Å². The van der Waals surface area contributed by atoms with E-state index in [0.717, 1.165) is 6.07 Å². The van der Waals surface area contributed by atoms with Crippen molar-refractivity contribution in [3.63, 3.8) is 0 Å². The molecule has 3 rings (SSSR count). The lowest BCUT2D eigenvalue weighted by molar-refractivity contribution is 0.100. The van der Waals surface area contributed by atoms with Crippen molar-refractivity contribution in [1.29, 1.82) is 0 Å². The first-order valence-corrected chi connectivity index (χ1v) is 9.66. The summed E-state index contributed by atoms with van der Waals surface area (Å²) in [5, 5.41) is 6.18. The van der Waals surface area contributed by atoms with Gasteiger partial charge in [-0.25, -0.2) is 24.0 Å². The van der Waals surface area contributed by atoms with Crippen LogP contribution in [0.15, 0.2) is 47.5 Å². The molecule has 6 nitrogen and oxygen atoms in total. The van der Waals surface area contributed by atoms with E-state index in [0.29, 0.717) is 24.4 Å². The molecule has 0 aromatic heterocycles. The van der Waals surface area contributed by atoms with Crippen LogP contribution in [0.3, 0.4) is 0 Å². The van der Waals surface area contributed by atoms with Crippen molar-refractivity contribution in [1.82, 2.24) is 21.5 Å². The number of hydrazine groups is 1. The van der Waals surface area contributed by atoms with Crippen molar-refractivity contribution in [3.05, 3.63) is 71.0 Å². The van der Waals surface area contributed by atoms with E-state index in [1.807, 2.05) is 13.8 Å². The van der Waals surface area contributed by atoms with Gasteiger partial charge >= 0.3 is 0 Å². The highest BCUT2D eigenvalue weighted by Crippen LogP contribution is 2.23. The maximum Gasteiger partial charge on any atom is 0.280 e. The first-order chi connectivity index (χ1) is 14.3. The van der Waals surface area contributed by atoms with Gasteiger partial charge in [-0.05, 0) is 47.9 Å². The van der Waals surface area contributed by atoms with Gasteiger partial charge in [0.1, 0.15) is 17.5 Å². The minimum absolute atomic E-state index is 0.253. The van der Waals surface area contributed by atoms with E-state index in [-0.39, 0.29) is 23.7 Å². The van der Waals surface area contributed by atoms with Gasteiger partial charge < -0.3 is 10.6 Å². The van der Waals surface area contributed by atoms with Crippen molar-refractivity contribution in [3.8, 4) is 0 Å². The van der Waals surface area contributed by atoms with E-state index in [1.54, 1.807) is 0 Å². The lowest BCUT2D eigenvalue weighted by Gasteiger charge is -2.18. The van der Waals surface area contributed by atoms with Crippen LogP contribution in [-0.2, 0) is 0 Å². The molecule has 2 atom stereocenters. The predicted molar refractivity (Wildman–Crippen MR) is 108 cm³/mol. The van der Waals surface area contributed by atoms with Crippen LogP contribution >= 0.6 is 0 Å². The van der Waals surface area contributed by atoms with E-state index in [9.17, 15) is 18.0 Å². The molecule has 2 aromatic carbocycles. The summed E-state index contributed by atoms with van der Waals surface area (Å²) in [5.41, 5.74) is 6.71. The van der Waals surface area contributed by atoms with E-state index >= 15 is 0 Å². The second-order valence-electron chi connectivity index (χ2n) is 7.52. The fourth-order valence-corrected chi connectivity index (χ4v) is 2.99. The van der Waals surface area contributed by atoms with Crippen LogP contribution in [-0.4, -0.2) is 24.6 Å². The lowest BCUT2D eigenvalue weighted by Crippen LogP contribution is -2.50. The highest BCUT2D eigenvalue weighted by Gasteiger charge is 2.26. The number of rotatable bonds is 5. The number of aliphatic imine (C=N–C) groups is 1. The molecule has 1 aliphatic heterocycles. The van der Waals surface area contributed by atoms with Crippen LogP contribution in [0.4, 0.5) is 13.2 Å². The molecule has 0 bridgehead atoms. The standard InChI is InChI=1S/C21H24F3N5O/c1-12(2)11-25-21(27-20(30)13-3-5-15(22)6-4-13)26-19-10-18(28-29-19)14-7-16(23)9-17(24)8-14/h3-9,12,18-19,28-29H,10-11H2,1-2H3,(H2,25,26,27,30). The Bertz CT molecular complexity index is 897. The number of hydrogen-bond acceptors (Lipinski definition) is 3. The molecule has 1 heterocycles. The number of nitrogens with zero attached hydrogens (tertiary/aromatic N) is 1. The maximum atomic E-state index is 13.5. The Balaban J connectivity index is 1.70. The second-order valence-corrected chi connectivity index (χ2v) is 7.52. The number of carbonyl (C=O) groups is 1. The Hall–Kier alpha value is -2.91. The van der Waals surface area contributed by atoms with Crippen molar-refractivity contribution in [2.75, 3.05) is 6.54 Å². The molecule has 0 aliphatic carbocycles. The Morgan fingerprint density at radius 2 is 1.73 bits per heavy atom. The van der Waals surface area contributed by atoms with Gasteiger partial charge in [-0.1, -0.05) is 13.8 Å². The van der Waals surface area contributed by atoms with Crippen LogP contribution in [0.1, 0.15) is 42.2 Å². The normalized spacial score (nSPS) is 19.2. The summed E-state index contributed by atoms with van der Waals surface area (Å²) in [6, 6.07) is 8.17. The molecule has 2 aromatic rings. The third-order valence-corrected chi connectivity index (χ3v) is 4.48. The molecule has 30 heavy (non-hydrogen) atoms. The average molecular weight is 419 g/mol. The molecule has 9 heteroatoms. The molecule has 1 saturated heterocycles. The van der Waals surface area contributed by atoms with Crippen LogP contribution in [0.5, 0.6) is 0 Å². The zero-order valence-corrected chi connectivity index (χ0v) is 16.7. The molecule has 0 saturated carbocycles. The highest BCUT2D eigenvalue weighted by atomic mass is 19.1. The fraction of sp³-hybridized carbons (Fsp3) is 0.333. The number of nitrogens with one attached hydrogen (secondary N) is 4. The van der Waals surface area contributed by atoms with Crippen molar-refractivity contribution < 1.29 is 18.0 Å². The van der Waals surface area contributed by atoms with Crippen LogP contribution in [0.25, 0.3) is 0 Å². The van der Waals surface area contributed by atoms with E-state index < -0.39 is 23.4 Å². The number of amides is 1. The quantitative estimate of drug-likeness (QED) is 0.443. The van der Waals surface area contributed by atoms with Gasteiger partial charge in [0.2, 0.25) is 5.96 Å². The summed E-state index contributed by atoms with van der Waals surface area (Å²) < 4.78 is 40.1. The van der Waals surface area contributed by atoms with Gasteiger partial charge in [-0.15, -0.1) is 0 Å². The molecular formula is C21H24F3N5O. The molecule has 1 aliphatic rings.